The molecule has 1 heterocycles. The summed E-state index contributed by atoms with van der Waals surface area (Å²) in [7, 11) is 3.21. The van der Waals surface area contributed by atoms with E-state index in [4.69, 9.17) is 18.9 Å². The van der Waals surface area contributed by atoms with Crippen molar-refractivity contribution in [3.05, 3.63) is 12.2 Å². The van der Waals surface area contributed by atoms with Crippen molar-refractivity contribution in [1.82, 2.24) is 0 Å². The van der Waals surface area contributed by atoms with Gasteiger partial charge in [-0.2, -0.15) is 0 Å². The Labute approximate surface area is 113 Å². The Balaban J connectivity index is 2.30. The summed E-state index contributed by atoms with van der Waals surface area (Å²) in [6, 6.07) is 0. The van der Waals surface area contributed by atoms with Gasteiger partial charge in [0, 0.05) is 32.0 Å². The number of ether oxygens (including phenoxy) is 4. The van der Waals surface area contributed by atoms with Crippen molar-refractivity contribution in [2.75, 3.05) is 27.6 Å². The monoisotopic (exact) mass is 270 g/mol. The van der Waals surface area contributed by atoms with E-state index >= 15 is 0 Å². The largest absolute Gasteiger partial charge is 0.359 e. The van der Waals surface area contributed by atoms with Gasteiger partial charge in [0.15, 0.2) is 11.6 Å². The molecule has 5 heteroatoms. The van der Waals surface area contributed by atoms with Crippen molar-refractivity contribution in [3.63, 3.8) is 0 Å². The summed E-state index contributed by atoms with van der Waals surface area (Å²) < 4.78 is 22.0. The number of ketones is 1. The van der Waals surface area contributed by atoms with Gasteiger partial charge in [-0.15, -0.1) is 0 Å². The van der Waals surface area contributed by atoms with E-state index in [1.165, 1.54) is 0 Å². The van der Waals surface area contributed by atoms with E-state index in [0.29, 0.717) is 13.0 Å². The van der Waals surface area contributed by atoms with E-state index in [9.17, 15) is 4.79 Å². The van der Waals surface area contributed by atoms with Crippen LogP contribution in [0.25, 0.3) is 0 Å². The Morgan fingerprint density at radius 1 is 1.42 bits per heavy atom. The van der Waals surface area contributed by atoms with Crippen LogP contribution in [0.15, 0.2) is 12.2 Å². The van der Waals surface area contributed by atoms with Gasteiger partial charge in [-0.25, -0.2) is 0 Å². The summed E-state index contributed by atoms with van der Waals surface area (Å²) in [5.41, 5.74) is -0.397. The second-order valence-electron chi connectivity index (χ2n) is 5.47. The third-order valence-electron chi connectivity index (χ3n) is 4.55. The van der Waals surface area contributed by atoms with E-state index in [2.05, 4.69) is 0 Å². The van der Waals surface area contributed by atoms with Crippen LogP contribution in [-0.4, -0.2) is 45.3 Å². The average molecular weight is 270 g/mol. The van der Waals surface area contributed by atoms with Crippen molar-refractivity contribution in [3.8, 4) is 0 Å². The van der Waals surface area contributed by atoms with Crippen molar-refractivity contribution in [2.24, 2.45) is 11.3 Å². The molecule has 1 fully saturated rings. The molecule has 108 valence electrons. The zero-order valence-electron chi connectivity index (χ0n) is 12.0. The fourth-order valence-electron chi connectivity index (χ4n) is 3.00. The Morgan fingerprint density at radius 2 is 2.16 bits per heavy atom. The highest BCUT2D eigenvalue weighted by molar-refractivity contribution is 5.91. The second-order valence-corrected chi connectivity index (χ2v) is 5.47. The number of rotatable bonds is 4. The lowest BCUT2D eigenvalue weighted by molar-refractivity contribution is -0.326. The molecule has 1 aliphatic heterocycles. The number of carbonyl (C=O) groups is 1. The predicted octanol–water partition coefficient (Wildman–Crippen LogP) is 1.52. The minimum atomic E-state index is -0.748. The number of hydrogen-bond donors (Lipinski definition) is 0. The first-order valence-electron chi connectivity index (χ1n) is 6.48. The van der Waals surface area contributed by atoms with Crippen LogP contribution in [0.4, 0.5) is 0 Å². The van der Waals surface area contributed by atoms with Crippen LogP contribution in [0.3, 0.4) is 0 Å². The summed E-state index contributed by atoms with van der Waals surface area (Å²) in [5, 5.41) is 0. The molecule has 0 aromatic carbocycles. The molecule has 0 radical (unpaired) electrons. The van der Waals surface area contributed by atoms with E-state index in [1.54, 1.807) is 20.3 Å². The third kappa shape index (κ3) is 2.36. The molecule has 0 aromatic rings. The molecular formula is C14H22O5. The van der Waals surface area contributed by atoms with Gasteiger partial charge >= 0.3 is 0 Å². The first-order chi connectivity index (χ1) is 8.97. The molecule has 1 aliphatic carbocycles. The quantitative estimate of drug-likeness (QED) is 0.725. The molecule has 0 aromatic heterocycles. The lowest BCUT2D eigenvalue weighted by Gasteiger charge is -2.54. The molecule has 4 atom stereocenters. The Hall–Kier alpha value is -0.750. The molecule has 2 aliphatic rings. The number of carbonyl (C=O) groups excluding carboxylic acids is 1. The van der Waals surface area contributed by atoms with Gasteiger partial charge in [0.2, 0.25) is 0 Å². The minimum Gasteiger partial charge on any atom is -0.359 e. The predicted molar refractivity (Wildman–Crippen MR) is 68.5 cm³/mol. The van der Waals surface area contributed by atoms with Crippen LogP contribution in [-0.2, 0) is 23.7 Å². The fourth-order valence-corrected chi connectivity index (χ4v) is 3.00. The maximum absolute atomic E-state index is 11.7. The van der Waals surface area contributed by atoms with Crippen LogP contribution >= 0.6 is 0 Å². The Morgan fingerprint density at radius 3 is 2.79 bits per heavy atom. The summed E-state index contributed by atoms with van der Waals surface area (Å²) in [6.45, 7) is 4.55. The molecule has 0 N–H and O–H groups in total. The van der Waals surface area contributed by atoms with E-state index in [-0.39, 0.29) is 24.6 Å². The van der Waals surface area contributed by atoms with E-state index in [0.717, 1.165) is 0 Å². The molecule has 5 nitrogen and oxygen atoms in total. The zero-order valence-corrected chi connectivity index (χ0v) is 12.0. The molecule has 0 unspecified atom stereocenters. The van der Waals surface area contributed by atoms with Crippen molar-refractivity contribution in [1.29, 1.82) is 0 Å². The molecule has 0 bridgehead atoms. The van der Waals surface area contributed by atoms with Gasteiger partial charge in [-0.1, -0.05) is 13.0 Å². The number of methoxy groups -OCH3 is 2. The molecule has 0 spiro atoms. The maximum atomic E-state index is 11.7. The van der Waals surface area contributed by atoms with Crippen LogP contribution in [0.2, 0.25) is 0 Å². The molecule has 19 heavy (non-hydrogen) atoms. The second kappa shape index (κ2) is 5.32. The molecule has 0 saturated carbocycles. The van der Waals surface area contributed by atoms with Crippen molar-refractivity contribution in [2.45, 2.75) is 32.2 Å². The summed E-state index contributed by atoms with van der Waals surface area (Å²) >= 11 is 0. The Bertz CT molecular complexity index is 380. The SMILES string of the molecule is COCO[C@@H]1CO[C@](C)(OC)[C@]2(C)C=CC(=O)C[C@@H]12. The van der Waals surface area contributed by atoms with Crippen molar-refractivity contribution < 1.29 is 23.7 Å². The standard InChI is InChI=1S/C14H22O5/c1-13-6-5-10(15)7-11(13)12(18-9-16-3)8-19-14(13,2)17-4/h5-6,11-12H,7-9H2,1-4H3/t11-,12+,13+,14-/m0/s1. The van der Waals surface area contributed by atoms with Crippen LogP contribution in [0.5, 0.6) is 0 Å². The van der Waals surface area contributed by atoms with Gasteiger partial charge in [0.1, 0.15) is 6.79 Å². The smallest absolute Gasteiger partial charge is 0.174 e. The van der Waals surface area contributed by atoms with E-state index < -0.39 is 11.2 Å². The van der Waals surface area contributed by atoms with Gasteiger partial charge in [0.05, 0.1) is 12.7 Å². The zero-order chi connectivity index (χ0) is 14.1. The van der Waals surface area contributed by atoms with Crippen LogP contribution < -0.4 is 0 Å². The lowest BCUT2D eigenvalue weighted by atomic mass is 9.62. The van der Waals surface area contributed by atoms with Crippen LogP contribution in [0, 0.1) is 11.3 Å². The number of allylic oxidation sites excluding steroid dienone is 1. The fraction of sp³-hybridized carbons (Fsp3) is 0.786. The highest BCUT2D eigenvalue weighted by atomic mass is 16.7. The van der Waals surface area contributed by atoms with Crippen LogP contribution in [0.1, 0.15) is 20.3 Å². The van der Waals surface area contributed by atoms with Crippen molar-refractivity contribution >= 4 is 5.78 Å². The molecule has 1 saturated heterocycles. The first-order valence-corrected chi connectivity index (χ1v) is 6.48. The van der Waals surface area contributed by atoms with E-state index in [1.807, 2.05) is 19.9 Å². The maximum Gasteiger partial charge on any atom is 0.174 e. The van der Waals surface area contributed by atoms with Gasteiger partial charge in [-0.05, 0) is 13.0 Å². The molecule has 0 amide bonds. The third-order valence-corrected chi connectivity index (χ3v) is 4.55. The first kappa shape index (κ1) is 14.7. The topological polar surface area (TPSA) is 54.0 Å². The normalized spacial score (nSPS) is 42.2. The summed E-state index contributed by atoms with van der Waals surface area (Å²) in [5.74, 6) is -0.602. The minimum absolute atomic E-state index is 0.0267. The van der Waals surface area contributed by atoms with Gasteiger partial charge < -0.3 is 18.9 Å². The summed E-state index contributed by atoms with van der Waals surface area (Å²) in [6.07, 6.45) is 3.80. The number of fused-ring (bicyclic) bond motifs is 1. The van der Waals surface area contributed by atoms with Gasteiger partial charge in [-0.3, -0.25) is 4.79 Å². The number of hydrogen-bond acceptors (Lipinski definition) is 5. The summed E-state index contributed by atoms with van der Waals surface area (Å²) in [4.78, 5) is 11.7. The highest BCUT2D eigenvalue weighted by Gasteiger charge is 2.57. The van der Waals surface area contributed by atoms with Gasteiger partial charge in [0.25, 0.3) is 0 Å². The Kier molecular flexibility index (Phi) is 4.11. The highest BCUT2D eigenvalue weighted by Crippen LogP contribution is 2.51. The average Bonchev–Trinajstić information content (AvgIpc) is 2.41. The lowest BCUT2D eigenvalue weighted by Crippen LogP contribution is -2.61. The molecular weight excluding hydrogens is 248 g/mol. The molecule has 2 rings (SSSR count).